The molecular formula is C29H33N9O2. The van der Waals surface area contributed by atoms with Crippen LogP contribution in [0.1, 0.15) is 70.4 Å². The molecule has 4 aromatic rings. The second kappa shape index (κ2) is 12.6. The first-order chi connectivity index (χ1) is 19.4. The maximum Gasteiger partial charge on any atom is 0.270 e. The van der Waals surface area contributed by atoms with Gasteiger partial charge in [0.15, 0.2) is 0 Å². The summed E-state index contributed by atoms with van der Waals surface area (Å²) in [6.45, 7) is 7.72. The van der Waals surface area contributed by atoms with E-state index in [1.165, 1.54) is 30.8 Å². The van der Waals surface area contributed by atoms with E-state index in [-0.39, 0.29) is 23.3 Å². The summed E-state index contributed by atoms with van der Waals surface area (Å²) in [5.74, 6) is 0.536. The van der Waals surface area contributed by atoms with Crippen LogP contribution in [0, 0.1) is 5.92 Å². The monoisotopic (exact) mass is 539 g/mol. The molecule has 1 aliphatic rings. The minimum atomic E-state index is -0.397. The quantitative estimate of drug-likeness (QED) is 0.294. The van der Waals surface area contributed by atoms with Crippen molar-refractivity contribution in [1.29, 1.82) is 0 Å². The third-order valence-electron chi connectivity index (χ3n) is 7.22. The smallest absolute Gasteiger partial charge is 0.270 e. The van der Waals surface area contributed by atoms with Gasteiger partial charge in [-0.15, -0.1) is 10.2 Å². The third-order valence-corrected chi connectivity index (χ3v) is 7.22. The van der Waals surface area contributed by atoms with E-state index < -0.39 is 5.91 Å². The zero-order valence-electron chi connectivity index (χ0n) is 22.7. The number of carbonyl (C=O) groups excluding carboxylic acids is 2. The number of benzene rings is 2. The summed E-state index contributed by atoms with van der Waals surface area (Å²) in [6, 6.07) is 16.9. The molecular weight excluding hydrogens is 506 g/mol. The van der Waals surface area contributed by atoms with Crippen LogP contribution in [-0.2, 0) is 13.1 Å². The van der Waals surface area contributed by atoms with Crippen molar-refractivity contribution in [3.05, 3.63) is 89.0 Å². The zero-order valence-corrected chi connectivity index (χ0v) is 22.7. The summed E-state index contributed by atoms with van der Waals surface area (Å²) in [6.07, 6.45) is 3.71. The second-order valence-electron chi connectivity index (χ2n) is 10.3. The topological polar surface area (TPSA) is 142 Å². The lowest BCUT2D eigenvalue weighted by Gasteiger charge is -2.30. The van der Waals surface area contributed by atoms with Gasteiger partial charge in [0.05, 0.1) is 6.04 Å². The molecule has 11 heteroatoms. The van der Waals surface area contributed by atoms with Crippen LogP contribution in [0.15, 0.2) is 60.9 Å². The number of likely N-dealkylation sites (tertiary alicyclic amines) is 1. The number of aromatic amines is 1. The van der Waals surface area contributed by atoms with Crippen molar-refractivity contribution in [3.8, 4) is 11.4 Å². The summed E-state index contributed by atoms with van der Waals surface area (Å²) in [4.78, 5) is 36.4. The number of hydrogen-bond donors (Lipinski definition) is 3. The van der Waals surface area contributed by atoms with E-state index in [2.05, 4.69) is 65.2 Å². The summed E-state index contributed by atoms with van der Waals surface area (Å²) in [5.41, 5.74) is 4.21. The molecule has 1 saturated heterocycles. The molecule has 0 spiro atoms. The maximum atomic E-state index is 12.9. The van der Waals surface area contributed by atoms with Crippen molar-refractivity contribution in [2.45, 2.75) is 45.8 Å². The highest BCUT2D eigenvalue weighted by Gasteiger charge is 2.18. The summed E-state index contributed by atoms with van der Waals surface area (Å²) in [5, 5.41) is 19.7. The van der Waals surface area contributed by atoms with Gasteiger partial charge < -0.3 is 10.6 Å². The Labute approximate surface area is 232 Å². The molecule has 3 N–H and O–H groups in total. The van der Waals surface area contributed by atoms with Gasteiger partial charge in [-0.1, -0.05) is 55.5 Å². The molecule has 2 aromatic carbocycles. The predicted molar refractivity (Wildman–Crippen MR) is 149 cm³/mol. The van der Waals surface area contributed by atoms with Gasteiger partial charge in [0.25, 0.3) is 11.8 Å². The van der Waals surface area contributed by atoms with Gasteiger partial charge in [0.1, 0.15) is 17.7 Å². The van der Waals surface area contributed by atoms with E-state index in [1.807, 2.05) is 43.3 Å². The Balaban J connectivity index is 1.15. The van der Waals surface area contributed by atoms with Crippen LogP contribution in [0.4, 0.5) is 0 Å². The van der Waals surface area contributed by atoms with Crippen molar-refractivity contribution in [3.63, 3.8) is 0 Å². The van der Waals surface area contributed by atoms with E-state index in [1.54, 1.807) is 0 Å². The highest BCUT2D eigenvalue weighted by molar-refractivity contribution is 5.97. The molecule has 0 radical (unpaired) electrons. The number of tetrazole rings is 1. The van der Waals surface area contributed by atoms with Crippen LogP contribution < -0.4 is 10.6 Å². The summed E-state index contributed by atoms with van der Waals surface area (Å²) < 4.78 is 0. The lowest BCUT2D eigenvalue weighted by Crippen LogP contribution is -2.32. The van der Waals surface area contributed by atoms with E-state index in [0.717, 1.165) is 42.2 Å². The fourth-order valence-electron chi connectivity index (χ4n) is 4.75. The van der Waals surface area contributed by atoms with Crippen molar-refractivity contribution in [2.75, 3.05) is 13.1 Å². The highest BCUT2D eigenvalue weighted by atomic mass is 16.2. The average molecular weight is 540 g/mol. The summed E-state index contributed by atoms with van der Waals surface area (Å²) in [7, 11) is 0. The first-order valence-electron chi connectivity index (χ1n) is 13.5. The number of amides is 2. The van der Waals surface area contributed by atoms with Gasteiger partial charge in [-0.2, -0.15) is 5.21 Å². The van der Waals surface area contributed by atoms with Gasteiger partial charge in [-0.3, -0.25) is 14.5 Å². The Bertz CT molecular complexity index is 1430. The first kappa shape index (κ1) is 27.1. The van der Waals surface area contributed by atoms with Gasteiger partial charge in [0.2, 0.25) is 5.82 Å². The van der Waals surface area contributed by atoms with E-state index >= 15 is 0 Å². The van der Waals surface area contributed by atoms with E-state index in [9.17, 15) is 9.59 Å². The Morgan fingerprint density at radius 2 is 1.73 bits per heavy atom. The predicted octanol–water partition coefficient (Wildman–Crippen LogP) is 3.31. The number of carbonyl (C=O) groups is 2. The van der Waals surface area contributed by atoms with Gasteiger partial charge in [0, 0.05) is 24.7 Å². The fraction of sp³-hybridized carbons (Fsp3) is 0.345. The largest absolute Gasteiger partial charge is 0.347 e. The molecule has 3 heterocycles. The van der Waals surface area contributed by atoms with Crippen LogP contribution in [0.3, 0.4) is 0 Å². The molecule has 0 aliphatic carbocycles. The van der Waals surface area contributed by atoms with Crippen LogP contribution in [-0.4, -0.2) is 60.4 Å². The number of H-pyrrole nitrogens is 1. The number of nitrogens with one attached hydrogen (secondary N) is 3. The number of hydrogen-bond acceptors (Lipinski definition) is 8. The van der Waals surface area contributed by atoms with Crippen molar-refractivity contribution in [2.24, 2.45) is 5.92 Å². The van der Waals surface area contributed by atoms with Gasteiger partial charge in [-0.05, 0) is 60.7 Å². The molecule has 5 rings (SSSR count). The number of piperidine rings is 1. The van der Waals surface area contributed by atoms with Crippen molar-refractivity contribution >= 4 is 11.8 Å². The minimum Gasteiger partial charge on any atom is -0.347 e. The van der Waals surface area contributed by atoms with Crippen LogP contribution in [0.2, 0.25) is 0 Å². The molecule has 1 atom stereocenters. The molecule has 206 valence electrons. The molecule has 0 bridgehead atoms. The molecule has 40 heavy (non-hydrogen) atoms. The van der Waals surface area contributed by atoms with E-state index in [4.69, 9.17) is 0 Å². The Morgan fingerprint density at radius 3 is 2.45 bits per heavy atom. The number of rotatable bonds is 9. The molecule has 0 saturated carbocycles. The van der Waals surface area contributed by atoms with Gasteiger partial charge in [-0.25, -0.2) is 9.97 Å². The second-order valence-corrected chi connectivity index (χ2v) is 10.3. The normalized spacial score (nSPS) is 14.9. The van der Waals surface area contributed by atoms with Crippen molar-refractivity contribution < 1.29 is 9.59 Å². The minimum absolute atomic E-state index is 0.119. The lowest BCUT2D eigenvalue weighted by molar-refractivity contribution is 0.0934. The lowest BCUT2D eigenvalue weighted by atomic mass is 9.98. The van der Waals surface area contributed by atoms with E-state index in [0.29, 0.717) is 12.4 Å². The SMILES string of the molecule is CC1CCN(Cc2cccc(CNC(=O)c3cc(C(=O)N[C@@H](C)c4ccc(-c5nn[nH]n5)cc4)ncn3)c2)CC1. The molecule has 0 unspecified atom stereocenters. The van der Waals surface area contributed by atoms with Crippen molar-refractivity contribution in [1.82, 2.24) is 46.1 Å². The Kier molecular flexibility index (Phi) is 8.50. The standard InChI is InChI=1S/C29H33N9O2/c1-19-10-12-38(13-11-19)17-22-5-3-4-21(14-22)16-30-28(39)25-15-26(32-18-31-25)29(40)33-20(2)23-6-8-24(9-7-23)27-34-36-37-35-27/h3-9,14-15,18-20H,10-13,16-17H2,1-2H3,(H,30,39)(H,33,40)(H,34,35,36,37)/t20-/m0/s1. The molecule has 1 aliphatic heterocycles. The highest BCUT2D eigenvalue weighted by Crippen LogP contribution is 2.20. The maximum absolute atomic E-state index is 12.9. The fourth-order valence-corrected chi connectivity index (χ4v) is 4.75. The molecule has 2 amide bonds. The van der Waals surface area contributed by atoms with Gasteiger partial charge >= 0.3 is 0 Å². The van der Waals surface area contributed by atoms with Crippen LogP contribution in [0.5, 0.6) is 0 Å². The zero-order chi connectivity index (χ0) is 27.9. The Hall–Kier alpha value is -4.51. The third kappa shape index (κ3) is 6.92. The molecule has 11 nitrogen and oxygen atoms in total. The number of aromatic nitrogens is 6. The molecule has 1 fully saturated rings. The average Bonchev–Trinajstić information content (AvgIpc) is 3.53. The Morgan fingerprint density at radius 1 is 1.00 bits per heavy atom. The number of nitrogens with zero attached hydrogens (tertiary/aromatic N) is 6. The summed E-state index contributed by atoms with van der Waals surface area (Å²) >= 11 is 0. The molecule has 2 aromatic heterocycles. The first-order valence-corrected chi connectivity index (χ1v) is 13.5. The van der Waals surface area contributed by atoms with Crippen LogP contribution >= 0.6 is 0 Å². The van der Waals surface area contributed by atoms with Crippen LogP contribution in [0.25, 0.3) is 11.4 Å².